The average Bonchev–Trinajstić information content (AvgIpc) is 2.65. The Morgan fingerprint density at radius 2 is 1.65 bits per heavy atom. The van der Waals surface area contributed by atoms with Crippen LogP contribution in [0.2, 0.25) is 0 Å². The van der Waals surface area contributed by atoms with E-state index in [2.05, 4.69) is 0 Å². The number of hydrogen-bond donors (Lipinski definition) is 0. The highest BCUT2D eigenvalue weighted by Crippen LogP contribution is 2.29. The predicted molar refractivity (Wildman–Crippen MR) is 91.8 cm³/mol. The van der Waals surface area contributed by atoms with Crippen molar-refractivity contribution >= 4 is 11.9 Å². The highest BCUT2D eigenvalue weighted by Gasteiger charge is 2.31. The molecule has 0 atom stereocenters. The molecule has 0 aliphatic carbocycles. The van der Waals surface area contributed by atoms with Crippen LogP contribution in [0.3, 0.4) is 0 Å². The first-order chi connectivity index (χ1) is 12.1. The SMILES string of the molecule is CCN(C)C(=O)N1CCC(N(C)C(=O)c2ccc(C(F)(F)F)cc2)CC1. The Hall–Kier alpha value is -2.25. The summed E-state index contributed by atoms with van der Waals surface area (Å²) < 4.78 is 37.9. The van der Waals surface area contributed by atoms with Crippen LogP contribution in [0.15, 0.2) is 24.3 Å². The zero-order valence-electron chi connectivity index (χ0n) is 15.2. The number of carbonyl (C=O) groups is 2. The number of amides is 3. The Bertz CT molecular complexity index is 638. The fourth-order valence-corrected chi connectivity index (χ4v) is 2.99. The van der Waals surface area contributed by atoms with Gasteiger partial charge >= 0.3 is 12.2 Å². The number of halogens is 3. The van der Waals surface area contributed by atoms with Gasteiger partial charge in [-0.05, 0) is 44.0 Å². The van der Waals surface area contributed by atoms with Crippen LogP contribution in [0, 0.1) is 0 Å². The van der Waals surface area contributed by atoms with Gasteiger partial charge in [0.1, 0.15) is 0 Å². The van der Waals surface area contributed by atoms with E-state index in [-0.39, 0.29) is 23.5 Å². The van der Waals surface area contributed by atoms with Crippen LogP contribution in [-0.2, 0) is 6.18 Å². The van der Waals surface area contributed by atoms with E-state index in [1.54, 1.807) is 28.8 Å². The van der Waals surface area contributed by atoms with Gasteiger partial charge in [0.15, 0.2) is 0 Å². The largest absolute Gasteiger partial charge is 0.416 e. The summed E-state index contributed by atoms with van der Waals surface area (Å²) in [5.41, 5.74) is -0.548. The third-order valence-electron chi connectivity index (χ3n) is 4.86. The van der Waals surface area contributed by atoms with Crippen LogP contribution in [-0.4, -0.2) is 66.4 Å². The molecule has 1 aromatic rings. The van der Waals surface area contributed by atoms with Gasteiger partial charge in [0.25, 0.3) is 5.91 Å². The smallest absolute Gasteiger partial charge is 0.339 e. The zero-order valence-corrected chi connectivity index (χ0v) is 15.2. The van der Waals surface area contributed by atoms with E-state index in [0.29, 0.717) is 32.5 Å². The lowest BCUT2D eigenvalue weighted by Crippen LogP contribution is -2.50. The Labute approximate surface area is 151 Å². The summed E-state index contributed by atoms with van der Waals surface area (Å²) in [4.78, 5) is 29.6. The number of likely N-dealkylation sites (tertiary alicyclic amines) is 1. The molecule has 1 aliphatic rings. The average molecular weight is 371 g/mol. The molecule has 0 aromatic heterocycles. The molecule has 5 nitrogen and oxygen atoms in total. The Balaban J connectivity index is 1.96. The summed E-state index contributed by atoms with van der Waals surface area (Å²) in [5.74, 6) is -0.311. The first-order valence-electron chi connectivity index (χ1n) is 8.59. The van der Waals surface area contributed by atoms with Crippen molar-refractivity contribution in [3.05, 3.63) is 35.4 Å². The minimum absolute atomic E-state index is 0.0253. The molecule has 0 spiro atoms. The van der Waals surface area contributed by atoms with Gasteiger partial charge in [-0.25, -0.2) is 4.79 Å². The van der Waals surface area contributed by atoms with Gasteiger partial charge in [-0.15, -0.1) is 0 Å². The van der Waals surface area contributed by atoms with Crippen molar-refractivity contribution in [3.8, 4) is 0 Å². The quantitative estimate of drug-likeness (QED) is 0.818. The third-order valence-corrected chi connectivity index (χ3v) is 4.86. The van der Waals surface area contributed by atoms with Crippen LogP contribution in [0.4, 0.5) is 18.0 Å². The topological polar surface area (TPSA) is 43.9 Å². The maximum atomic E-state index is 12.6. The highest BCUT2D eigenvalue weighted by atomic mass is 19.4. The molecule has 1 aromatic carbocycles. The van der Waals surface area contributed by atoms with Crippen LogP contribution in [0.1, 0.15) is 35.7 Å². The normalized spacial score (nSPS) is 15.7. The molecule has 3 amide bonds. The molecule has 1 aliphatic heterocycles. The molecular formula is C18H24F3N3O2. The second-order valence-electron chi connectivity index (χ2n) is 6.51. The molecule has 0 unspecified atom stereocenters. The number of piperidine rings is 1. The second kappa shape index (κ2) is 7.97. The number of rotatable bonds is 3. The summed E-state index contributed by atoms with van der Waals surface area (Å²) in [6.45, 7) is 3.64. The summed E-state index contributed by atoms with van der Waals surface area (Å²) in [7, 11) is 3.40. The van der Waals surface area contributed by atoms with E-state index in [1.165, 1.54) is 12.1 Å². The van der Waals surface area contributed by atoms with Crippen LogP contribution in [0.5, 0.6) is 0 Å². The van der Waals surface area contributed by atoms with Crippen LogP contribution in [0.25, 0.3) is 0 Å². The molecule has 1 heterocycles. The van der Waals surface area contributed by atoms with Crippen molar-refractivity contribution in [3.63, 3.8) is 0 Å². The maximum absolute atomic E-state index is 12.6. The van der Waals surface area contributed by atoms with Crippen molar-refractivity contribution in [2.24, 2.45) is 0 Å². The van der Waals surface area contributed by atoms with E-state index in [1.807, 2.05) is 6.92 Å². The number of nitrogens with zero attached hydrogens (tertiary/aromatic N) is 3. The van der Waals surface area contributed by atoms with Gasteiger partial charge in [-0.2, -0.15) is 13.2 Å². The lowest BCUT2D eigenvalue weighted by molar-refractivity contribution is -0.137. The van der Waals surface area contributed by atoms with Crippen molar-refractivity contribution in [1.82, 2.24) is 14.7 Å². The summed E-state index contributed by atoms with van der Waals surface area (Å²) in [6, 6.07) is 4.18. The lowest BCUT2D eigenvalue weighted by Gasteiger charge is -2.38. The van der Waals surface area contributed by atoms with Crippen LogP contribution < -0.4 is 0 Å². The van der Waals surface area contributed by atoms with Crippen molar-refractivity contribution < 1.29 is 22.8 Å². The number of hydrogen-bond acceptors (Lipinski definition) is 2. The molecule has 2 rings (SSSR count). The Morgan fingerprint density at radius 3 is 2.12 bits per heavy atom. The molecule has 1 fully saturated rings. The molecule has 144 valence electrons. The summed E-state index contributed by atoms with van der Waals surface area (Å²) in [6.07, 6.45) is -3.13. The molecule has 0 saturated carbocycles. The number of alkyl halides is 3. The molecule has 0 radical (unpaired) electrons. The van der Waals surface area contributed by atoms with Gasteiger partial charge in [-0.1, -0.05) is 0 Å². The maximum Gasteiger partial charge on any atom is 0.416 e. The standard InChI is InChI=1S/C18H24F3N3O2/c1-4-22(2)17(26)24-11-9-15(10-12-24)23(3)16(25)13-5-7-14(8-6-13)18(19,20)21/h5-8,15H,4,9-12H2,1-3H3. The van der Waals surface area contributed by atoms with Gasteiger partial charge in [0.05, 0.1) is 5.56 Å². The first-order valence-corrected chi connectivity index (χ1v) is 8.59. The Kier molecular flexibility index (Phi) is 6.15. The molecule has 26 heavy (non-hydrogen) atoms. The first kappa shape index (κ1) is 20.1. The monoisotopic (exact) mass is 371 g/mol. The van der Waals surface area contributed by atoms with Gasteiger partial charge in [-0.3, -0.25) is 4.79 Å². The summed E-state index contributed by atoms with van der Waals surface area (Å²) in [5, 5.41) is 0. The van der Waals surface area contributed by atoms with Crippen molar-refractivity contribution in [1.29, 1.82) is 0 Å². The van der Waals surface area contributed by atoms with E-state index >= 15 is 0 Å². The number of carbonyl (C=O) groups excluding carboxylic acids is 2. The zero-order chi connectivity index (χ0) is 19.5. The highest BCUT2D eigenvalue weighted by molar-refractivity contribution is 5.94. The summed E-state index contributed by atoms with van der Waals surface area (Å²) >= 11 is 0. The van der Waals surface area contributed by atoms with E-state index in [9.17, 15) is 22.8 Å². The third kappa shape index (κ3) is 4.47. The minimum atomic E-state index is -4.42. The fourth-order valence-electron chi connectivity index (χ4n) is 2.99. The molecule has 0 bridgehead atoms. The molecule has 8 heteroatoms. The van der Waals surface area contributed by atoms with Crippen LogP contribution >= 0.6 is 0 Å². The van der Waals surface area contributed by atoms with Crippen molar-refractivity contribution in [2.45, 2.75) is 32.0 Å². The number of urea groups is 1. The second-order valence-corrected chi connectivity index (χ2v) is 6.51. The fraction of sp³-hybridized carbons (Fsp3) is 0.556. The van der Waals surface area contributed by atoms with E-state index in [4.69, 9.17) is 0 Å². The predicted octanol–water partition coefficient (Wildman–Crippen LogP) is 3.31. The minimum Gasteiger partial charge on any atom is -0.339 e. The molecule has 1 saturated heterocycles. The van der Waals surface area contributed by atoms with E-state index in [0.717, 1.165) is 12.1 Å². The number of benzene rings is 1. The van der Waals surface area contributed by atoms with Crippen molar-refractivity contribution in [2.75, 3.05) is 33.7 Å². The van der Waals surface area contributed by atoms with Gasteiger partial charge in [0, 0.05) is 45.3 Å². The molecule has 0 N–H and O–H groups in total. The lowest BCUT2D eigenvalue weighted by atomic mass is 10.0. The van der Waals surface area contributed by atoms with E-state index < -0.39 is 11.7 Å². The Morgan fingerprint density at radius 1 is 1.12 bits per heavy atom. The van der Waals surface area contributed by atoms with Gasteiger partial charge in [0.2, 0.25) is 0 Å². The molecular weight excluding hydrogens is 347 g/mol. The van der Waals surface area contributed by atoms with Gasteiger partial charge < -0.3 is 14.7 Å².